The van der Waals surface area contributed by atoms with E-state index in [-0.39, 0.29) is 24.9 Å². The summed E-state index contributed by atoms with van der Waals surface area (Å²) in [6.45, 7) is 6.35. The molecule has 0 radical (unpaired) electrons. The Morgan fingerprint density at radius 1 is 1.38 bits per heavy atom. The number of carbonyl (C=O) groups excluding carboxylic acids is 1. The van der Waals surface area contributed by atoms with Crippen molar-refractivity contribution < 1.29 is 14.7 Å². The van der Waals surface area contributed by atoms with E-state index in [4.69, 9.17) is 16.7 Å². The van der Waals surface area contributed by atoms with Crippen LogP contribution in [-0.4, -0.2) is 28.6 Å². The molecular formula is C23H29ClN2O3. The largest absolute Gasteiger partial charge is 0.481 e. The smallest absolute Gasteiger partial charge is 0.322 e. The Morgan fingerprint density at radius 3 is 2.62 bits per heavy atom. The van der Waals surface area contributed by atoms with E-state index < -0.39 is 11.5 Å². The molecule has 6 heteroatoms. The first kappa shape index (κ1) is 21.4. The third kappa shape index (κ3) is 4.35. The molecule has 1 aliphatic heterocycles. The second-order valence-corrected chi connectivity index (χ2v) is 8.56. The lowest BCUT2D eigenvalue weighted by Gasteiger charge is -2.44. The maximum absolute atomic E-state index is 12.8. The molecule has 1 fully saturated rings. The Bertz CT molecular complexity index is 869. The number of hydrogen-bond donors (Lipinski definition) is 2. The highest BCUT2D eigenvalue weighted by atomic mass is 35.5. The molecule has 1 aromatic rings. The van der Waals surface area contributed by atoms with Gasteiger partial charge in [-0.2, -0.15) is 0 Å². The molecular weight excluding hydrogens is 388 g/mol. The number of nitrogens with zero attached hydrogens (tertiary/aromatic N) is 1. The molecule has 0 bridgehead atoms. The van der Waals surface area contributed by atoms with Crippen LogP contribution in [0.5, 0.6) is 0 Å². The van der Waals surface area contributed by atoms with Crippen molar-refractivity contribution in [3.8, 4) is 0 Å². The maximum Gasteiger partial charge on any atom is 0.322 e. The minimum Gasteiger partial charge on any atom is -0.481 e. The van der Waals surface area contributed by atoms with E-state index in [1.54, 1.807) is 0 Å². The summed E-state index contributed by atoms with van der Waals surface area (Å²) in [5, 5.41) is 12.8. The van der Waals surface area contributed by atoms with Gasteiger partial charge in [0.25, 0.3) is 0 Å². The van der Waals surface area contributed by atoms with Crippen LogP contribution in [0.4, 0.5) is 4.79 Å². The minimum atomic E-state index is -0.924. The van der Waals surface area contributed by atoms with Crippen molar-refractivity contribution in [1.29, 1.82) is 0 Å². The molecule has 3 rings (SSSR count). The highest BCUT2D eigenvalue weighted by Crippen LogP contribution is 2.41. The number of allylic oxidation sites excluding steroid dienone is 1. The topological polar surface area (TPSA) is 69.6 Å². The molecule has 0 saturated heterocycles. The summed E-state index contributed by atoms with van der Waals surface area (Å²) in [6.07, 6.45) is 8.09. The number of halogens is 1. The van der Waals surface area contributed by atoms with Gasteiger partial charge in [-0.05, 0) is 54.4 Å². The molecule has 29 heavy (non-hydrogen) atoms. The van der Waals surface area contributed by atoms with E-state index in [2.05, 4.69) is 25.2 Å². The van der Waals surface area contributed by atoms with Gasteiger partial charge in [0.2, 0.25) is 0 Å². The van der Waals surface area contributed by atoms with Crippen LogP contribution >= 0.6 is 11.6 Å². The van der Waals surface area contributed by atoms with E-state index in [0.29, 0.717) is 11.4 Å². The number of carboxylic acid groups (broad SMARTS) is 1. The minimum absolute atomic E-state index is 0.0936. The van der Waals surface area contributed by atoms with Gasteiger partial charge < -0.3 is 15.3 Å². The number of hydrogen-bond acceptors (Lipinski definition) is 2. The molecule has 2 aliphatic rings. The second-order valence-electron chi connectivity index (χ2n) is 8.16. The van der Waals surface area contributed by atoms with E-state index in [0.717, 1.165) is 29.5 Å². The van der Waals surface area contributed by atoms with Crippen molar-refractivity contribution in [2.45, 2.75) is 58.4 Å². The maximum atomic E-state index is 12.8. The Hall–Kier alpha value is -2.27. The summed E-state index contributed by atoms with van der Waals surface area (Å²) in [5.41, 5.74) is 3.78. The average Bonchev–Trinajstić information content (AvgIpc) is 2.63. The molecule has 1 heterocycles. The highest BCUT2D eigenvalue weighted by molar-refractivity contribution is 6.32. The molecule has 1 saturated carbocycles. The summed E-state index contributed by atoms with van der Waals surface area (Å²) >= 11 is 6.62. The van der Waals surface area contributed by atoms with Gasteiger partial charge >= 0.3 is 12.0 Å². The zero-order valence-electron chi connectivity index (χ0n) is 17.3. The van der Waals surface area contributed by atoms with E-state index in [1.165, 1.54) is 16.9 Å². The predicted molar refractivity (Wildman–Crippen MR) is 116 cm³/mol. The highest BCUT2D eigenvalue weighted by Gasteiger charge is 2.42. The van der Waals surface area contributed by atoms with Crippen molar-refractivity contribution in [2.24, 2.45) is 5.92 Å². The molecule has 2 amide bonds. The van der Waals surface area contributed by atoms with Gasteiger partial charge in [-0.3, -0.25) is 4.79 Å². The van der Waals surface area contributed by atoms with Crippen LogP contribution < -0.4 is 5.32 Å². The Kier molecular flexibility index (Phi) is 6.37. The summed E-state index contributed by atoms with van der Waals surface area (Å²) in [6, 6.07) is 5.75. The number of nitrogens with one attached hydrogen (secondary N) is 1. The summed E-state index contributed by atoms with van der Waals surface area (Å²) in [7, 11) is 0. The van der Waals surface area contributed by atoms with Crippen molar-refractivity contribution >= 4 is 29.7 Å². The first-order valence-electron chi connectivity index (χ1n) is 10.3. The van der Waals surface area contributed by atoms with E-state index in [9.17, 15) is 9.59 Å². The van der Waals surface area contributed by atoms with Gasteiger partial charge in [-0.25, -0.2) is 4.79 Å². The van der Waals surface area contributed by atoms with Gasteiger partial charge in [0.05, 0.1) is 12.0 Å². The molecule has 0 spiro atoms. The number of carboxylic acids is 1. The Labute approximate surface area is 177 Å². The SMILES string of the molecule is CC[C@@]1(c2ccc(C=C3CCC3)c(Cl)c2)NC(=O)N(CCC(=O)O)C=C1C(C)C. The Morgan fingerprint density at radius 2 is 2.10 bits per heavy atom. The zero-order chi connectivity index (χ0) is 21.2. The van der Waals surface area contributed by atoms with Crippen LogP contribution in [-0.2, 0) is 10.3 Å². The van der Waals surface area contributed by atoms with Crippen LogP contribution in [0.2, 0.25) is 5.02 Å². The first-order valence-corrected chi connectivity index (χ1v) is 10.7. The van der Waals surface area contributed by atoms with Gasteiger partial charge in [0.15, 0.2) is 0 Å². The molecule has 1 aliphatic carbocycles. The van der Waals surface area contributed by atoms with Gasteiger partial charge in [0.1, 0.15) is 0 Å². The van der Waals surface area contributed by atoms with Gasteiger partial charge in [0, 0.05) is 17.8 Å². The lowest BCUT2D eigenvalue weighted by atomic mass is 9.75. The lowest BCUT2D eigenvalue weighted by molar-refractivity contribution is -0.137. The fourth-order valence-corrected chi connectivity index (χ4v) is 4.31. The molecule has 0 aromatic heterocycles. The first-order chi connectivity index (χ1) is 13.8. The van der Waals surface area contributed by atoms with Gasteiger partial charge in [-0.15, -0.1) is 0 Å². The number of urea groups is 1. The number of carbonyl (C=O) groups is 2. The fourth-order valence-electron chi connectivity index (χ4n) is 4.08. The van der Waals surface area contributed by atoms with Crippen LogP contribution in [0.1, 0.15) is 64.0 Å². The lowest BCUT2D eigenvalue weighted by Crippen LogP contribution is -2.56. The van der Waals surface area contributed by atoms with Crippen molar-refractivity contribution in [2.75, 3.05) is 6.54 Å². The summed E-state index contributed by atoms with van der Waals surface area (Å²) < 4.78 is 0. The molecule has 1 aromatic carbocycles. The van der Waals surface area contributed by atoms with E-state index in [1.807, 2.05) is 31.3 Å². The average molecular weight is 417 g/mol. The quantitative estimate of drug-likeness (QED) is 0.611. The summed E-state index contributed by atoms with van der Waals surface area (Å²) in [4.78, 5) is 25.2. The van der Waals surface area contributed by atoms with Crippen molar-refractivity contribution in [1.82, 2.24) is 10.2 Å². The zero-order valence-corrected chi connectivity index (χ0v) is 18.1. The van der Waals surface area contributed by atoms with Crippen LogP contribution in [0.25, 0.3) is 6.08 Å². The van der Waals surface area contributed by atoms with Crippen molar-refractivity contribution in [3.63, 3.8) is 0 Å². The molecule has 5 nitrogen and oxygen atoms in total. The predicted octanol–water partition coefficient (Wildman–Crippen LogP) is 5.55. The van der Waals surface area contributed by atoms with E-state index >= 15 is 0 Å². The number of rotatable bonds is 7. The molecule has 0 unspecified atom stereocenters. The second kappa shape index (κ2) is 8.62. The summed E-state index contributed by atoms with van der Waals surface area (Å²) in [5.74, 6) is -0.758. The number of amides is 2. The molecule has 156 valence electrons. The molecule has 2 N–H and O–H groups in total. The fraction of sp³-hybridized carbons (Fsp3) is 0.478. The normalized spacial score (nSPS) is 21.6. The third-order valence-corrected chi connectivity index (χ3v) is 6.26. The third-order valence-electron chi connectivity index (χ3n) is 5.94. The van der Waals surface area contributed by atoms with Crippen molar-refractivity contribution in [3.05, 3.63) is 51.7 Å². The standard InChI is InChI=1S/C23H29ClN2O3/c1-4-23(18-9-8-17(20(24)13-18)12-16-6-5-7-16)19(15(2)3)14-26(22(29)25-23)11-10-21(27)28/h8-9,12-15H,4-7,10-11H2,1-3H3,(H,25,29)(H,27,28)/t23-/m0/s1. The van der Waals surface area contributed by atoms with Crippen LogP contribution in [0.3, 0.4) is 0 Å². The van der Waals surface area contributed by atoms with Crippen LogP contribution in [0.15, 0.2) is 35.5 Å². The van der Waals surface area contributed by atoms with Gasteiger partial charge in [-0.1, -0.05) is 56.2 Å². The van der Waals surface area contributed by atoms with Crippen LogP contribution in [0, 0.1) is 5.92 Å². The Balaban J connectivity index is 2.00. The number of aliphatic carboxylic acids is 1. The monoisotopic (exact) mass is 416 g/mol. The molecule has 1 atom stereocenters. The number of benzene rings is 1.